The predicted octanol–water partition coefficient (Wildman–Crippen LogP) is -0.616. The standard InChI is InChI=1S/C6H14O3.Na/c1-5(7)3-9-4-6(2)8;/h5-8H,3-4H2,1-2H3;. The predicted molar refractivity (Wildman–Crippen MR) is 39.9 cm³/mol. The monoisotopic (exact) mass is 157 g/mol. The topological polar surface area (TPSA) is 49.7 Å². The van der Waals surface area contributed by atoms with Crippen LogP contribution in [0.2, 0.25) is 0 Å². The molecule has 0 aromatic heterocycles. The van der Waals surface area contributed by atoms with E-state index in [1.807, 2.05) is 0 Å². The average molecular weight is 157 g/mol. The fourth-order valence-electron chi connectivity index (χ4n) is 0.409. The molecule has 0 saturated heterocycles. The summed E-state index contributed by atoms with van der Waals surface area (Å²) in [5.41, 5.74) is 0. The van der Waals surface area contributed by atoms with Gasteiger partial charge in [-0.2, -0.15) is 0 Å². The molecule has 3 nitrogen and oxygen atoms in total. The minimum Gasteiger partial charge on any atom is -0.391 e. The van der Waals surface area contributed by atoms with Crippen molar-refractivity contribution in [3.63, 3.8) is 0 Å². The van der Waals surface area contributed by atoms with Gasteiger partial charge in [-0.25, -0.2) is 0 Å². The molecule has 0 fully saturated rings. The van der Waals surface area contributed by atoms with Crippen LogP contribution < -0.4 is 0 Å². The van der Waals surface area contributed by atoms with Gasteiger partial charge in [0.2, 0.25) is 0 Å². The number of hydrogen-bond acceptors (Lipinski definition) is 3. The van der Waals surface area contributed by atoms with Crippen molar-refractivity contribution >= 4 is 29.6 Å². The van der Waals surface area contributed by atoms with E-state index < -0.39 is 12.2 Å². The van der Waals surface area contributed by atoms with Crippen LogP contribution in [-0.4, -0.2) is 65.2 Å². The van der Waals surface area contributed by atoms with Gasteiger partial charge < -0.3 is 14.9 Å². The van der Waals surface area contributed by atoms with Gasteiger partial charge in [0.15, 0.2) is 0 Å². The van der Waals surface area contributed by atoms with Crippen molar-refractivity contribution in [2.75, 3.05) is 13.2 Å². The molecule has 1 radical (unpaired) electrons. The molecule has 2 unspecified atom stereocenters. The molecule has 4 heteroatoms. The fourth-order valence-corrected chi connectivity index (χ4v) is 0.409. The van der Waals surface area contributed by atoms with E-state index in [0.29, 0.717) is 13.2 Å². The van der Waals surface area contributed by atoms with Crippen molar-refractivity contribution in [1.29, 1.82) is 0 Å². The van der Waals surface area contributed by atoms with Gasteiger partial charge in [-0.1, -0.05) is 0 Å². The maximum atomic E-state index is 8.66. The molecule has 0 bridgehead atoms. The molecule has 2 N–H and O–H groups in total. The van der Waals surface area contributed by atoms with E-state index in [1.165, 1.54) is 0 Å². The van der Waals surface area contributed by atoms with Gasteiger partial charge in [0, 0.05) is 29.6 Å². The third-order valence-corrected chi connectivity index (χ3v) is 0.718. The number of rotatable bonds is 4. The van der Waals surface area contributed by atoms with Crippen LogP contribution in [0.25, 0.3) is 0 Å². The summed E-state index contributed by atoms with van der Waals surface area (Å²) >= 11 is 0. The van der Waals surface area contributed by atoms with Crippen molar-refractivity contribution in [2.45, 2.75) is 26.1 Å². The summed E-state index contributed by atoms with van der Waals surface area (Å²) < 4.78 is 4.86. The second-order valence-electron chi connectivity index (χ2n) is 2.24. The molecule has 2 atom stereocenters. The molecule has 0 amide bonds. The summed E-state index contributed by atoms with van der Waals surface area (Å²) in [7, 11) is 0. The zero-order valence-electron chi connectivity index (χ0n) is 6.87. The van der Waals surface area contributed by atoms with Crippen LogP contribution in [0.15, 0.2) is 0 Å². The van der Waals surface area contributed by atoms with Gasteiger partial charge in [-0.15, -0.1) is 0 Å². The number of aliphatic hydroxyl groups is 2. The van der Waals surface area contributed by atoms with Crippen LogP contribution in [-0.2, 0) is 4.74 Å². The van der Waals surface area contributed by atoms with E-state index in [1.54, 1.807) is 13.8 Å². The molecule has 0 aliphatic heterocycles. The smallest absolute Gasteiger partial charge is 0.0745 e. The summed E-state index contributed by atoms with van der Waals surface area (Å²) in [5.74, 6) is 0. The molecule has 0 aromatic rings. The van der Waals surface area contributed by atoms with E-state index >= 15 is 0 Å². The molecular weight excluding hydrogens is 143 g/mol. The Labute approximate surface area is 83.7 Å². The molecule has 0 saturated carbocycles. The first-order chi connectivity index (χ1) is 4.13. The van der Waals surface area contributed by atoms with Crippen LogP contribution in [0, 0.1) is 0 Å². The second-order valence-corrected chi connectivity index (χ2v) is 2.24. The van der Waals surface area contributed by atoms with E-state index in [9.17, 15) is 0 Å². The molecule has 0 aromatic carbocycles. The molecular formula is C6H14NaO3. The molecule has 0 rings (SSSR count). The Kier molecular flexibility index (Phi) is 10.7. The van der Waals surface area contributed by atoms with Gasteiger partial charge in [0.1, 0.15) is 0 Å². The number of aliphatic hydroxyl groups excluding tert-OH is 2. The second kappa shape index (κ2) is 7.98. The molecule has 10 heavy (non-hydrogen) atoms. The third-order valence-electron chi connectivity index (χ3n) is 0.718. The summed E-state index contributed by atoms with van der Waals surface area (Å²) in [5, 5.41) is 17.3. The molecule has 57 valence electrons. The Morgan fingerprint density at radius 1 is 1.10 bits per heavy atom. The van der Waals surface area contributed by atoms with Crippen LogP contribution in [0.5, 0.6) is 0 Å². The van der Waals surface area contributed by atoms with Gasteiger partial charge in [0.25, 0.3) is 0 Å². The Morgan fingerprint density at radius 3 is 1.60 bits per heavy atom. The maximum Gasteiger partial charge on any atom is 0.0745 e. The Bertz CT molecular complexity index is 58.0. The third kappa shape index (κ3) is 11.6. The summed E-state index contributed by atoms with van der Waals surface area (Å²) in [6.45, 7) is 3.87. The zero-order chi connectivity index (χ0) is 7.28. The zero-order valence-corrected chi connectivity index (χ0v) is 8.87. The van der Waals surface area contributed by atoms with E-state index in [2.05, 4.69) is 0 Å². The maximum absolute atomic E-state index is 8.66. The molecule has 0 aliphatic carbocycles. The van der Waals surface area contributed by atoms with E-state index in [0.717, 1.165) is 0 Å². The van der Waals surface area contributed by atoms with Gasteiger partial charge in [0.05, 0.1) is 25.4 Å². The Balaban J connectivity index is 0. The SMILES string of the molecule is CC(O)COCC(C)O.[Na]. The Hall–Kier alpha value is 0.880. The van der Waals surface area contributed by atoms with Gasteiger partial charge in [-0.3, -0.25) is 0 Å². The molecule has 0 heterocycles. The van der Waals surface area contributed by atoms with Crippen LogP contribution >= 0.6 is 0 Å². The molecule has 0 aliphatic rings. The summed E-state index contributed by atoms with van der Waals surface area (Å²) in [4.78, 5) is 0. The van der Waals surface area contributed by atoms with Crippen molar-refractivity contribution in [2.24, 2.45) is 0 Å². The van der Waals surface area contributed by atoms with Gasteiger partial charge in [-0.05, 0) is 13.8 Å². The van der Waals surface area contributed by atoms with Crippen molar-refractivity contribution < 1.29 is 14.9 Å². The van der Waals surface area contributed by atoms with Crippen LogP contribution in [0.1, 0.15) is 13.8 Å². The first kappa shape index (κ1) is 13.5. The van der Waals surface area contributed by atoms with E-state index in [4.69, 9.17) is 14.9 Å². The molecule has 0 spiro atoms. The first-order valence-electron chi connectivity index (χ1n) is 3.06. The van der Waals surface area contributed by atoms with Gasteiger partial charge >= 0.3 is 0 Å². The van der Waals surface area contributed by atoms with Crippen LogP contribution in [0.3, 0.4) is 0 Å². The largest absolute Gasteiger partial charge is 0.391 e. The minimum absolute atomic E-state index is 0. The number of hydrogen-bond donors (Lipinski definition) is 2. The summed E-state index contributed by atoms with van der Waals surface area (Å²) in [6.07, 6.45) is -0.882. The van der Waals surface area contributed by atoms with Crippen molar-refractivity contribution in [1.82, 2.24) is 0 Å². The van der Waals surface area contributed by atoms with Crippen molar-refractivity contribution in [3.8, 4) is 0 Å². The average Bonchev–Trinajstić information content (AvgIpc) is 1.63. The first-order valence-corrected chi connectivity index (χ1v) is 3.06. The summed E-state index contributed by atoms with van der Waals surface area (Å²) in [6, 6.07) is 0. The van der Waals surface area contributed by atoms with E-state index in [-0.39, 0.29) is 29.6 Å². The minimum atomic E-state index is -0.441. The van der Waals surface area contributed by atoms with Crippen molar-refractivity contribution in [3.05, 3.63) is 0 Å². The quantitative estimate of drug-likeness (QED) is 0.535. The Morgan fingerprint density at radius 2 is 1.40 bits per heavy atom. The number of ether oxygens (including phenoxy) is 1. The van der Waals surface area contributed by atoms with Crippen LogP contribution in [0.4, 0.5) is 0 Å². The normalized spacial score (nSPS) is 15.6. The fraction of sp³-hybridized carbons (Fsp3) is 1.00.